The van der Waals surface area contributed by atoms with Gasteiger partial charge in [0.05, 0.1) is 5.75 Å². The Morgan fingerprint density at radius 2 is 2.07 bits per heavy atom. The predicted molar refractivity (Wildman–Crippen MR) is 124 cm³/mol. The molecule has 7 nitrogen and oxygen atoms in total. The fourth-order valence-corrected chi connectivity index (χ4v) is 5.38. The summed E-state index contributed by atoms with van der Waals surface area (Å²) in [6.07, 6.45) is 2.29. The first-order chi connectivity index (χ1) is 14.5. The molecular weight excluding hydrogens is 442 g/mol. The summed E-state index contributed by atoms with van der Waals surface area (Å²) in [6.45, 7) is 6.22. The largest absolute Gasteiger partial charge is 0.348 e. The van der Waals surface area contributed by atoms with E-state index in [-0.39, 0.29) is 17.2 Å². The minimum Gasteiger partial charge on any atom is -0.348 e. The summed E-state index contributed by atoms with van der Waals surface area (Å²) in [6, 6.07) is 5.36. The third-order valence-electron chi connectivity index (χ3n) is 4.97. The van der Waals surface area contributed by atoms with E-state index in [1.165, 1.54) is 23.1 Å². The van der Waals surface area contributed by atoms with Gasteiger partial charge in [-0.2, -0.15) is 4.98 Å². The van der Waals surface area contributed by atoms with Crippen molar-refractivity contribution in [1.82, 2.24) is 14.5 Å². The normalized spacial score (nSPS) is 13.9. The molecule has 1 N–H and O–H groups in total. The first-order valence-corrected chi connectivity index (χ1v) is 12.0. The van der Waals surface area contributed by atoms with E-state index < -0.39 is 0 Å². The molecular formula is C20H22ClN5O2S2. The number of halogens is 1. The second kappa shape index (κ2) is 8.95. The zero-order valence-corrected chi connectivity index (χ0v) is 19.2. The minimum absolute atomic E-state index is 0.0981. The Bertz CT molecular complexity index is 1150. The highest BCUT2D eigenvalue weighted by atomic mass is 35.5. The lowest BCUT2D eigenvalue weighted by Gasteiger charge is -2.11. The number of carbonyl (C=O) groups excluding carboxylic acids is 1. The fourth-order valence-electron chi connectivity index (χ4n) is 3.35. The molecule has 0 unspecified atom stereocenters. The van der Waals surface area contributed by atoms with E-state index in [2.05, 4.69) is 20.2 Å². The Morgan fingerprint density at radius 3 is 2.80 bits per heavy atom. The van der Waals surface area contributed by atoms with Gasteiger partial charge >= 0.3 is 0 Å². The minimum atomic E-state index is -0.182. The highest BCUT2D eigenvalue weighted by Gasteiger charge is 2.21. The van der Waals surface area contributed by atoms with Gasteiger partial charge in [-0.05, 0) is 44.4 Å². The number of hydrogen-bond acceptors (Lipinski definition) is 7. The summed E-state index contributed by atoms with van der Waals surface area (Å²) in [4.78, 5) is 36.8. The van der Waals surface area contributed by atoms with Crippen LogP contribution in [0.2, 0.25) is 5.02 Å². The summed E-state index contributed by atoms with van der Waals surface area (Å²) in [5, 5.41) is 4.79. The first-order valence-electron chi connectivity index (χ1n) is 9.81. The van der Waals surface area contributed by atoms with E-state index in [0.29, 0.717) is 32.8 Å². The molecule has 30 heavy (non-hydrogen) atoms. The van der Waals surface area contributed by atoms with Crippen LogP contribution in [-0.4, -0.2) is 39.3 Å². The van der Waals surface area contributed by atoms with E-state index in [1.54, 1.807) is 16.7 Å². The smallest absolute Gasteiger partial charge is 0.273 e. The van der Waals surface area contributed by atoms with E-state index in [0.717, 1.165) is 36.6 Å². The monoisotopic (exact) mass is 463 g/mol. The Kier molecular flexibility index (Phi) is 6.31. The van der Waals surface area contributed by atoms with Crippen LogP contribution in [0.25, 0.3) is 10.3 Å². The maximum Gasteiger partial charge on any atom is 0.273 e. The number of hydrogen-bond donors (Lipinski definition) is 1. The van der Waals surface area contributed by atoms with E-state index >= 15 is 0 Å². The van der Waals surface area contributed by atoms with Crippen LogP contribution >= 0.6 is 34.7 Å². The summed E-state index contributed by atoms with van der Waals surface area (Å²) in [5.41, 5.74) is 1.98. The lowest BCUT2D eigenvalue weighted by atomic mass is 10.2. The van der Waals surface area contributed by atoms with Crippen molar-refractivity contribution < 1.29 is 4.79 Å². The Balaban J connectivity index is 1.54. The molecule has 0 saturated carbocycles. The molecule has 0 bridgehead atoms. The number of aryl methyl sites for hydroxylation is 1. The number of thioether (sulfide) groups is 1. The predicted octanol–water partition coefficient (Wildman–Crippen LogP) is 4.17. The van der Waals surface area contributed by atoms with Crippen LogP contribution in [-0.2, 0) is 11.3 Å². The van der Waals surface area contributed by atoms with Gasteiger partial charge in [0.15, 0.2) is 15.9 Å². The zero-order chi connectivity index (χ0) is 21.3. The van der Waals surface area contributed by atoms with Crippen molar-refractivity contribution in [2.45, 2.75) is 38.4 Å². The molecule has 1 amide bonds. The number of rotatable bonds is 6. The number of thiazole rings is 1. The molecule has 1 aliphatic rings. The van der Waals surface area contributed by atoms with Crippen molar-refractivity contribution >= 4 is 61.8 Å². The van der Waals surface area contributed by atoms with Crippen LogP contribution in [0, 0.1) is 6.92 Å². The average Bonchev–Trinajstić information content (AvgIpc) is 3.39. The molecule has 1 aromatic carbocycles. The fraction of sp³-hybridized carbons (Fsp3) is 0.400. The van der Waals surface area contributed by atoms with Crippen LogP contribution < -0.4 is 15.8 Å². The standard InChI is InChI=1S/C20H22ClN5O2S2/c1-3-26-18(28)16-17(23-19(30-16)25-8-4-5-9-25)24-20(26)29-11-15(27)22-14-10-13(21)7-6-12(14)2/h6-7,10H,3-5,8-9,11H2,1-2H3,(H,22,27). The zero-order valence-electron chi connectivity index (χ0n) is 16.8. The topological polar surface area (TPSA) is 80.1 Å². The van der Waals surface area contributed by atoms with Crippen molar-refractivity contribution in [3.05, 3.63) is 39.1 Å². The second-order valence-corrected chi connectivity index (χ2v) is 9.44. The van der Waals surface area contributed by atoms with Gasteiger partial charge in [-0.3, -0.25) is 14.2 Å². The second-order valence-electron chi connectivity index (χ2n) is 7.08. The number of nitrogens with zero attached hydrogens (tertiary/aromatic N) is 4. The van der Waals surface area contributed by atoms with Gasteiger partial charge in [-0.25, -0.2) is 4.98 Å². The third-order valence-corrected chi connectivity index (χ3v) is 7.27. The molecule has 158 valence electrons. The van der Waals surface area contributed by atoms with Gasteiger partial charge in [0.25, 0.3) is 5.56 Å². The summed E-state index contributed by atoms with van der Waals surface area (Å²) < 4.78 is 2.18. The third kappa shape index (κ3) is 4.33. The van der Waals surface area contributed by atoms with Gasteiger partial charge in [0.2, 0.25) is 5.91 Å². The molecule has 0 spiro atoms. The quantitative estimate of drug-likeness (QED) is 0.436. The van der Waals surface area contributed by atoms with E-state index in [9.17, 15) is 9.59 Å². The van der Waals surface area contributed by atoms with Crippen molar-refractivity contribution in [1.29, 1.82) is 0 Å². The molecule has 1 saturated heterocycles. The van der Waals surface area contributed by atoms with Crippen LogP contribution in [0.4, 0.5) is 10.8 Å². The number of anilines is 2. The molecule has 4 rings (SSSR count). The molecule has 2 aromatic heterocycles. The lowest BCUT2D eigenvalue weighted by molar-refractivity contribution is -0.113. The number of fused-ring (bicyclic) bond motifs is 1. The molecule has 1 fully saturated rings. The number of carbonyl (C=O) groups is 1. The van der Waals surface area contributed by atoms with Gasteiger partial charge in [-0.1, -0.05) is 40.8 Å². The number of amides is 1. The molecule has 0 radical (unpaired) electrons. The van der Waals surface area contributed by atoms with Crippen molar-refractivity contribution in [3.63, 3.8) is 0 Å². The SMILES string of the molecule is CCn1c(SCC(=O)Nc2cc(Cl)ccc2C)nc2nc(N3CCCC3)sc2c1=O. The molecule has 3 aromatic rings. The maximum absolute atomic E-state index is 13.0. The summed E-state index contributed by atoms with van der Waals surface area (Å²) in [7, 11) is 0. The lowest BCUT2D eigenvalue weighted by Crippen LogP contribution is -2.23. The average molecular weight is 464 g/mol. The number of nitrogens with one attached hydrogen (secondary N) is 1. The van der Waals surface area contributed by atoms with Gasteiger partial charge in [0, 0.05) is 30.3 Å². The Hall–Kier alpha value is -2.10. The highest BCUT2D eigenvalue weighted by molar-refractivity contribution is 7.99. The Morgan fingerprint density at radius 1 is 1.30 bits per heavy atom. The van der Waals surface area contributed by atoms with Gasteiger partial charge in [-0.15, -0.1) is 0 Å². The molecule has 1 aliphatic heterocycles. The summed E-state index contributed by atoms with van der Waals surface area (Å²) >= 11 is 8.66. The van der Waals surface area contributed by atoms with Gasteiger partial charge in [0.1, 0.15) is 4.70 Å². The number of aromatic nitrogens is 3. The molecule has 0 aliphatic carbocycles. The van der Waals surface area contributed by atoms with Crippen LogP contribution in [0.5, 0.6) is 0 Å². The number of benzene rings is 1. The summed E-state index contributed by atoms with van der Waals surface area (Å²) in [5.74, 6) is -0.0501. The van der Waals surface area contributed by atoms with E-state index in [4.69, 9.17) is 11.6 Å². The molecule has 3 heterocycles. The van der Waals surface area contributed by atoms with E-state index in [1.807, 2.05) is 19.9 Å². The van der Waals surface area contributed by atoms with Crippen molar-refractivity contribution in [2.75, 3.05) is 29.1 Å². The van der Waals surface area contributed by atoms with Gasteiger partial charge < -0.3 is 10.2 Å². The first kappa shape index (κ1) is 21.1. The highest BCUT2D eigenvalue weighted by Crippen LogP contribution is 2.29. The van der Waals surface area contributed by atoms with Crippen LogP contribution in [0.15, 0.2) is 28.2 Å². The van der Waals surface area contributed by atoms with Crippen molar-refractivity contribution in [3.8, 4) is 0 Å². The van der Waals surface area contributed by atoms with Crippen LogP contribution in [0.3, 0.4) is 0 Å². The molecule has 10 heteroatoms. The maximum atomic E-state index is 13.0. The van der Waals surface area contributed by atoms with Crippen LogP contribution in [0.1, 0.15) is 25.3 Å². The molecule has 0 atom stereocenters. The Labute approximate surface area is 187 Å². The van der Waals surface area contributed by atoms with Crippen molar-refractivity contribution in [2.24, 2.45) is 0 Å².